The van der Waals surface area contributed by atoms with Crippen LogP contribution in [0.4, 0.5) is 5.00 Å². The Bertz CT molecular complexity index is 301. The second-order valence-electron chi connectivity index (χ2n) is 2.59. The summed E-state index contributed by atoms with van der Waals surface area (Å²) >= 11 is 1.62. The van der Waals surface area contributed by atoms with Crippen LogP contribution < -0.4 is 0 Å². The molecule has 0 N–H and O–H groups in total. The Morgan fingerprint density at radius 3 is 3.18 bits per heavy atom. The zero-order valence-corrected chi connectivity index (χ0v) is 6.78. The number of nitrogens with zero attached hydrogens (tertiary/aromatic N) is 1. The van der Waals surface area contributed by atoms with Gasteiger partial charge in [-0.05, 0) is 30.9 Å². The number of carbonyl (C=O) groups excluding carboxylic acids is 1. The Balaban J connectivity index is 2.41. The number of thiophene rings is 1. The standard InChI is InChI=1S/C8H7NOS/c10-5-9-8-4-6-2-1-3-7(6)11-8/h4H,1-3H2. The highest BCUT2D eigenvalue weighted by molar-refractivity contribution is 7.16. The van der Waals surface area contributed by atoms with Crippen molar-refractivity contribution in [2.24, 2.45) is 4.99 Å². The van der Waals surface area contributed by atoms with Gasteiger partial charge in [0.1, 0.15) is 5.00 Å². The highest BCUT2D eigenvalue weighted by Crippen LogP contribution is 2.34. The summed E-state index contributed by atoms with van der Waals surface area (Å²) in [5, 5.41) is 0.810. The quantitative estimate of drug-likeness (QED) is 0.463. The van der Waals surface area contributed by atoms with E-state index >= 15 is 0 Å². The third kappa shape index (κ3) is 1.13. The first kappa shape index (κ1) is 6.77. The van der Waals surface area contributed by atoms with Crippen molar-refractivity contribution in [1.29, 1.82) is 0 Å². The van der Waals surface area contributed by atoms with Gasteiger partial charge in [0.05, 0.1) is 0 Å². The largest absolute Gasteiger partial charge is 0.241 e. The van der Waals surface area contributed by atoms with Gasteiger partial charge in [-0.3, -0.25) is 0 Å². The molecule has 1 aliphatic rings. The van der Waals surface area contributed by atoms with Crippen LogP contribution in [0.2, 0.25) is 0 Å². The molecule has 56 valence electrons. The summed E-state index contributed by atoms with van der Waals surface area (Å²) in [7, 11) is 0. The van der Waals surface area contributed by atoms with Crippen molar-refractivity contribution < 1.29 is 4.79 Å². The summed E-state index contributed by atoms with van der Waals surface area (Å²) < 4.78 is 0. The number of fused-ring (bicyclic) bond motifs is 1. The fraction of sp³-hybridized carbons (Fsp3) is 0.375. The molecule has 2 rings (SSSR count). The van der Waals surface area contributed by atoms with Crippen LogP contribution in [-0.4, -0.2) is 6.08 Å². The molecule has 0 saturated heterocycles. The molecule has 0 unspecified atom stereocenters. The molecular formula is C8H7NOS. The van der Waals surface area contributed by atoms with Crippen molar-refractivity contribution in [3.8, 4) is 0 Å². The molecule has 11 heavy (non-hydrogen) atoms. The minimum Gasteiger partial charge on any atom is -0.211 e. The number of rotatable bonds is 1. The summed E-state index contributed by atoms with van der Waals surface area (Å²) in [6.07, 6.45) is 5.13. The van der Waals surface area contributed by atoms with Crippen molar-refractivity contribution in [2.45, 2.75) is 19.3 Å². The van der Waals surface area contributed by atoms with Crippen molar-refractivity contribution in [3.63, 3.8) is 0 Å². The summed E-state index contributed by atoms with van der Waals surface area (Å²) in [6.45, 7) is 0. The average molecular weight is 165 g/mol. The van der Waals surface area contributed by atoms with Crippen molar-refractivity contribution in [1.82, 2.24) is 0 Å². The Labute approximate surface area is 68.6 Å². The second kappa shape index (κ2) is 2.61. The normalized spacial score (nSPS) is 14.2. The van der Waals surface area contributed by atoms with E-state index in [1.807, 2.05) is 6.07 Å². The number of aryl methyl sites for hydroxylation is 2. The lowest BCUT2D eigenvalue weighted by atomic mass is 10.3. The SMILES string of the molecule is O=C=Nc1cc2c(s1)CCC2. The van der Waals surface area contributed by atoms with E-state index in [2.05, 4.69) is 4.99 Å². The minimum absolute atomic E-state index is 0.810. The third-order valence-electron chi connectivity index (χ3n) is 1.89. The maximum atomic E-state index is 9.92. The average Bonchev–Trinajstić information content (AvgIpc) is 2.46. The van der Waals surface area contributed by atoms with E-state index in [-0.39, 0.29) is 0 Å². The van der Waals surface area contributed by atoms with E-state index in [9.17, 15) is 4.79 Å². The molecule has 0 aromatic carbocycles. The van der Waals surface area contributed by atoms with Crippen LogP contribution in [-0.2, 0) is 17.6 Å². The van der Waals surface area contributed by atoms with Crippen LogP contribution in [0.15, 0.2) is 11.1 Å². The molecule has 1 aliphatic carbocycles. The molecule has 2 nitrogen and oxygen atoms in total. The highest BCUT2D eigenvalue weighted by atomic mass is 32.1. The molecule has 1 aromatic rings. The fourth-order valence-corrected chi connectivity index (χ4v) is 2.49. The summed E-state index contributed by atoms with van der Waals surface area (Å²) in [6, 6.07) is 2.00. The van der Waals surface area contributed by atoms with Gasteiger partial charge in [0.25, 0.3) is 0 Å². The summed E-state index contributed by atoms with van der Waals surface area (Å²) in [4.78, 5) is 14.9. The molecule has 1 heterocycles. The number of isocyanates is 1. The maximum Gasteiger partial charge on any atom is 0.241 e. The number of hydrogen-bond donors (Lipinski definition) is 0. The molecule has 3 heteroatoms. The van der Waals surface area contributed by atoms with Gasteiger partial charge in [0.15, 0.2) is 0 Å². The predicted molar refractivity (Wildman–Crippen MR) is 44.1 cm³/mol. The smallest absolute Gasteiger partial charge is 0.211 e. The van der Waals surface area contributed by atoms with Crippen LogP contribution in [0.5, 0.6) is 0 Å². The van der Waals surface area contributed by atoms with Gasteiger partial charge in [-0.15, -0.1) is 11.3 Å². The molecule has 0 aliphatic heterocycles. The van der Waals surface area contributed by atoms with E-state index in [0.29, 0.717) is 0 Å². The topological polar surface area (TPSA) is 29.4 Å². The first-order chi connectivity index (χ1) is 5.40. The zero-order valence-electron chi connectivity index (χ0n) is 5.96. The van der Waals surface area contributed by atoms with Gasteiger partial charge < -0.3 is 0 Å². The first-order valence-electron chi connectivity index (χ1n) is 3.59. The van der Waals surface area contributed by atoms with E-state index in [4.69, 9.17) is 0 Å². The van der Waals surface area contributed by atoms with E-state index in [1.165, 1.54) is 16.9 Å². The highest BCUT2D eigenvalue weighted by Gasteiger charge is 2.13. The second-order valence-corrected chi connectivity index (χ2v) is 3.70. The molecule has 0 fully saturated rings. The van der Waals surface area contributed by atoms with E-state index in [1.54, 1.807) is 17.4 Å². The Kier molecular flexibility index (Phi) is 1.60. The molecule has 1 aromatic heterocycles. The number of aliphatic imine (C=N–C) groups is 1. The van der Waals surface area contributed by atoms with Crippen molar-refractivity contribution in [3.05, 3.63) is 16.5 Å². The zero-order chi connectivity index (χ0) is 7.68. The van der Waals surface area contributed by atoms with E-state index in [0.717, 1.165) is 17.8 Å². The Morgan fingerprint density at radius 1 is 1.55 bits per heavy atom. The van der Waals surface area contributed by atoms with Gasteiger partial charge in [0.2, 0.25) is 6.08 Å². The lowest BCUT2D eigenvalue weighted by Crippen LogP contribution is -1.67. The van der Waals surface area contributed by atoms with Crippen molar-refractivity contribution in [2.75, 3.05) is 0 Å². The monoisotopic (exact) mass is 165 g/mol. The molecule has 0 amide bonds. The van der Waals surface area contributed by atoms with Crippen LogP contribution in [0, 0.1) is 0 Å². The van der Waals surface area contributed by atoms with Crippen LogP contribution in [0.25, 0.3) is 0 Å². The van der Waals surface area contributed by atoms with Gasteiger partial charge in [-0.1, -0.05) is 0 Å². The minimum atomic E-state index is 0.810. The third-order valence-corrected chi connectivity index (χ3v) is 3.02. The first-order valence-corrected chi connectivity index (χ1v) is 4.41. The van der Waals surface area contributed by atoms with Gasteiger partial charge >= 0.3 is 0 Å². The summed E-state index contributed by atoms with van der Waals surface area (Å²) in [5.74, 6) is 0. The molecule has 0 spiro atoms. The van der Waals surface area contributed by atoms with Gasteiger partial charge in [-0.25, -0.2) is 4.79 Å². The van der Waals surface area contributed by atoms with Crippen LogP contribution in [0.3, 0.4) is 0 Å². The number of hydrogen-bond acceptors (Lipinski definition) is 3. The van der Waals surface area contributed by atoms with Gasteiger partial charge in [-0.2, -0.15) is 4.99 Å². The molecule has 0 bridgehead atoms. The molecular weight excluding hydrogens is 158 g/mol. The molecule has 0 saturated carbocycles. The fourth-order valence-electron chi connectivity index (χ4n) is 1.41. The Hall–Kier alpha value is -0.920. The van der Waals surface area contributed by atoms with E-state index < -0.39 is 0 Å². The van der Waals surface area contributed by atoms with Gasteiger partial charge in [0, 0.05) is 4.88 Å². The van der Waals surface area contributed by atoms with Crippen molar-refractivity contribution >= 4 is 22.4 Å². The lowest BCUT2D eigenvalue weighted by Gasteiger charge is -1.81. The summed E-state index contributed by atoms with van der Waals surface area (Å²) in [5.41, 5.74) is 1.38. The molecule has 0 radical (unpaired) electrons. The lowest BCUT2D eigenvalue weighted by molar-refractivity contribution is 0.565. The van der Waals surface area contributed by atoms with Crippen LogP contribution >= 0.6 is 11.3 Å². The Morgan fingerprint density at radius 2 is 2.45 bits per heavy atom. The molecule has 0 atom stereocenters. The predicted octanol–water partition coefficient (Wildman–Crippen LogP) is 2.20. The van der Waals surface area contributed by atoms with Crippen LogP contribution in [0.1, 0.15) is 16.9 Å². The maximum absolute atomic E-state index is 9.92.